The highest BCUT2D eigenvalue weighted by atomic mass is 16.6. The fourth-order valence-corrected chi connectivity index (χ4v) is 1.37. The zero-order valence-corrected chi connectivity index (χ0v) is 8.51. The van der Waals surface area contributed by atoms with Crippen molar-refractivity contribution >= 4 is 0 Å². The third-order valence-electron chi connectivity index (χ3n) is 2.27. The van der Waals surface area contributed by atoms with Crippen LogP contribution in [-0.4, -0.2) is 26.8 Å². The van der Waals surface area contributed by atoms with E-state index < -0.39 is 17.1 Å². The molecule has 2 rings (SSSR count). The van der Waals surface area contributed by atoms with Gasteiger partial charge in [0.15, 0.2) is 0 Å². The lowest BCUT2D eigenvalue weighted by Gasteiger charge is -2.05. The smallest absolute Gasteiger partial charge is 0.336 e. The van der Waals surface area contributed by atoms with E-state index in [0.29, 0.717) is 6.61 Å². The summed E-state index contributed by atoms with van der Waals surface area (Å²) in [5.41, 5.74) is -2.06. The van der Waals surface area contributed by atoms with Crippen LogP contribution in [0.3, 0.4) is 0 Å². The lowest BCUT2D eigenvalue weighted by Crippen LogP contribution is -2.49. The van der Waals surface area contributed by atoms with Crippen molar-refractivity contribution in [2.75, 3.05) is 6.61 Å². The van der Waals surface area contributed by atoms with Gasteiger partial charge in [-0.05, 0) is 0 Å². The van der Waals surface area contributed by atoms with Crippen LogP contribution in [0.15, 0.2) is 27.0 Å². The van der Waals surface area contributed by atoms with Crippen LogP contribution in [0.1, 0.15) is 0 Å². The average Bonchev–Trinajstić information content (AvgIpc) is 3.03. The molecule has 7 heteroatoms. The van der Waals surface area contributed by atoms with Gasteiger partial charge in [0.25, 0.3) is 0 Å². The minimum absolute atomic E-state index is 0.0694. The highest BCUT2D eigenvalue weighted by molar-refractivity contribution is 4.81. The molecule has 2 heterocycles. The van der Waals surface area contributed by atoms with Gasteiger partial charge in [-0.15, -0.1) is 6.58 Å². The molecular weight excluding hydrogens is 214 g/mol. The number of aromatic amines is 1. The van der Waals surface area contributed by atoms with Gasteiger partial charge in [-0.25, -0.2) is 23.5 Å². The first-order valence-electron chi connectivity index (χ1n) is 4.80. The van der Waals surface area contributed by atoms with Crippen molar-refractivity contribution in [2.45, 2.75) is 19.2 Å². The Hall–Kier alpha value is -1.89. The third kappa shape index (κ3) is 1.89. The van der Waals surface area contributed by atoms with E-state index in [2.05, 4.69) is 11.6 Å². The molecule has 1 unspecified atom stereocenters. The molecule has 0 saturated carbocycles. The number of hydrogen-bond donors (Lipinski definition) is 1. The summed E-state index contributed by atoms with van der Waals surface area (Å²) in [5, 5.41) is 0. The van der Waals surface area contributed by atoms with Crippen LogP contribution in [-0.2, 0) is 17.8 Å². The van der Waals surface area contributed by atoms with Gasteiger partial charge in [-0.2, -0.15) is 0 Å². The molecule has 7 nitrogen and oxygen atoms in total. The maximum atomic E-state index is 11.8. The molecule has 1 aromatic rings. The fraction of sp³-hybridized carbons (Fsp3) is 0.444. The molecule has 1 aromatic heterocycles. The highest BCUT2D eigenvalue weighted by Gasteiger charge is 2.25. The Bertz CT molecular complexity index is 576. The number of nitrogens with one attached hydrogen (secondary N) is 1. The molecule has 86 valence electrons. The molecule has 0 bridgehead atoms. The number of allylic oxidation sites excluding steroid dienone is 1. The van der Waals surface area contributed by atoms with Crippen molar-refractivity contribution in [3.05, 3.63) is 44.1 Å². The van der Waals surface area contributed by atoms with E-state index in [1.807, 2.05) is 0 Å². The number of nitrogens with zero attached hydrogens (tertiary/aromatic N) is 2. The number of hydrogen-bond acceptors (Lipinski definition) is 4. The van der Waals surface area contributed by atoms with Gasteiger partial charge in [0.2, 0.25) is 0 Å². The van der Waals surface area contributed by atoms with Gasteiger partial charge in [0.1, 0.15) is 0 Å². The van der Waals surface area contributed by atoms with E-state index in [1.165, 1.54) is 6.08 Å². The summed E-state index contributed by atoms with van der Waals surface area (Å²) in [6, 6.07) is 0. The summed E-state index contributed by atoms with van der Waals surface area (Å²) in [5.74, 6) is 0. The van der Waals surface area contributed by atoms with Gasteiger partial charge in [-0.3, -0.25) is 4.98 Å². The van der Waals surface area contributed by atoms with Gasteiger partial charge < -0.3 is 4.74 Å². The summed E-state index contributed by atoms with van der Waals surface area (Å²) < 4.78 is 6.81. The normalized spacial score (nSPS) is 18.4. The van der Waals surface area contributed by atoms with Crippen molar-refractivity contribution in [3.63, 3.8) is 0 Å². The zero-order valence-electron chi connectivity index (χ0n) is 8.51. The second kappa shape index (κ2) is 3.93. The maximum absolute atomic E-state index is 11.8. The van der Waals surface area contributed by atoms with Crippen LogP contribution in [0.2, 0.25) is 0 Å². The minimum atomic E-state index is -0.720. The molecule has 1 atom stereocenters. The zero-order chi connectivity index (χ0) is 11.7. The van der Waals surface area contributed by atoms with E-state index in [1.54, 1.807) is 0 Å². The van der Waals surface area contributed by atoms with E-state index >= 15 is 0 Å². The maximum Gasteiger partial charge on any atom is 0.336 e. The predicted octanol–water partition coefficient (Wildman–Crippen LogP) is -1.72. The predicted molar refractivity (Wildman–Crippen MR) is 55.5 cm³/mol. The molecular formula is C9H11N3O4. The number of H-pyrrole nitrogens is 1. The van der Waals surface area contributed by atoms with E-state index in [-0.39, 0.29) is 19.2 Å². The standard InChI is InChI=1S/C9H11N3O4/c1-2-3-11-7(13)10-8(14)12(9(11)15)4-6-5-16-6/h2,6H,1,3-5H2,(H,10,13,14). The van der Waals surface area contributed by atoms with Crippen molar-refractivity contribution in [2.24, 2.45) is 0 Å². The molecule has 0 aliphatic carbocycles. The van der Waals surface area contributed by atoms with Crippen LogP contribution >= 0.6 is 0 Å². The molecule has 1 aliphatic rings. The highest BCUT2D eigenvalue weighted by Crippen LogP contribution is 2.08. The summed E-state index contributed by atoms with van der Waals surface area (Å²) in [7, 11) is 0. The summed E-state index contributed by atoms with van der Waals surface area (Å²) in [6.45, 7) is 4.21. The number of rotatable bonds is 4. The first kappa shape index (κ1) is 10.6. The quantitative estimate of drug-likeness (QED) is 0.487. The Morgan fingerprint density at radius 3 is 2.56 bits per heavy atom. The van der Waals surface area contributed by atoms with Gasteiger partial charge in [0, 0.05) is 0 Å². The largest absolute Gasteiger partial charge is 0.371 e. The van der Waals surface area contributed by atoms with E-state index in [0.717, 1.165) is 9.13 Å². The summed E-state index contributed by atoms with van der Waals surface area (Å²) >= 11 is 0. The number of ether oxygens (including phenoxy) is 1. The Morgan fingerprint density at radius 1 is 1.38 bits per heavy atom. The third-order valence-corrected chi connectivity index (χ3v) is 2.27. The van der Waals surface area contributed by atoms with Crippen molar-refractivity contribution < 1.29 is 4.74 Å². The SMILES string of the molecule is C=CCn1c(=O)[nH]c(=O)n(CC2CO2)c1=O. The first-order valence-corrected chi connectivity index (χ1v) is 4.80. The summed E-state index contributed by atoms with van der Waals surface area (Å²) in [4.78, 5) is 36.6. The van der Waals surface area contributed by atoms with Gasteiger partial charge >= 0.3 is 17.1 Å². The second-order valence-corrected chi connectivity index (χ2v) is 3.48. The molecule has 0 amide bonds. The second-order valence-electron chi connectivity index (χ2n) is 3.48. The molecule has 1 fully saturated rings. The topological polar surface area (TPSA) is 89.4 Å². The Labute approximate surface area is 89.6 Å². The lowest BCUT2D eigenvalue weighted by atomic mass is 10.5. The van der Waals surface area contributed by atoms with E-state index in [4.69, 9.17) is 4.74 Å². The monoisotopic (exact) mass is 225 g/mol. The van der Waals surface area contributed by atoms with Crippen LogP contribution in [0.25, 0.3) is 0 Å². The van der Waals surface area contributed by atoms with Crippen LogP contribution in [0.4, 0.5) is 0 Å². The molecule has 1 N–H and O–H groups in total. The molecule has 0 spiro atoms. The van der Waals surface area contributed by atoms with Crippen molar-refractivity contribution in [3.8, 4) is 0 Å². The van der Waals surface area contributed by atoms with Crippen LogP contribution < -0.4 is 17.1 Å². The van der Waals surface area contributed by atoms with Gasteiger partial charge in [0.05, 0.1) is 25.8 Å². The number of epoxide rings is 1. The van der Waals surface area contributed by atoms with Crippen LogP contribution in [0.5, 0.6) is 0 Å². The Kier molecular flexibility index (Phi) is 2.61. The average molecular weight is 225 g/mol. The van der Waals surface area contributed by atoms with Crippen molar-refractivity contribution in [1.29, 1.82) is 0 Å². The Morgan fingerprint density at radius 2 is 2.00 bits per heavy atom. The molecule has 16 heavy (non-hydrogen) atoms. The van der Waals surface area contributed by atoms with E-state index in [9.17, 15) is 14.4 Å². The van der Waals surface area contributed by atoms with Gasteiger partial charge in [-0.1, -0.05) is 6.08 Å². The van der Waals surface area contributed by atoms with Crippen LogP contribution in [0, 0.1) is 0 Å². The first-order chi connectivity index (χ1) is 7.63. The fourth-order valence-electron chi connectivity index (χ4n) is 1.37. The Balaban J connectivity index is 2.54. The molecule has 0 aromatic carbocycles. The molecule has 1 aliphatic heterocycles. The minimum Gasteiger partial charge on any atom is -0.371 e. The van der Waals surface area contributed by atoms with Crippen molar-refractivity contribution in [1.82, 2.24) is 14.1 Å². The number of aromatic nitrogens is 3. The molecule has 1 saturated heterocycles. The summed E-state index contributed by atoms with van der Waals surface area (Å²) in [6.07, 6.45) is 1.31. The lowest BCUT2D eigenvalue weighted by molar-refractivity contribution is 0.369. The molecule has 0 radical (unpaired) electrons.